The standard InChI is InChI=1S/C11H21N3O2/c1-8(2)7-14-9(15)3-6-13-10(16)11(12)4-5-11/h8H,3-7,12H2,1-2H3,(H,13,16)(H,14,15). The van der Waals surface area contributed by atoms with Crippen molar-refractivity contribution in [2.24, 2.45) is 11.7 Å². The average Bonchev–Trinajstić information content (AvgIpc) is 2.94. The Labute approximate surface area is 96.1 Å². The third-order valence-electron chi connectivity index (χ3n) is 2.59. The molecular weight excluding hydrogens is 206 g/mol. The minimum absolute atomic E-state index is 0.0316. The minimum Gasteiger partial charge on any atom is -0.356 e. The molecule has 0 spiro atoms. The maximum atomic E-state index is 11.4. The summed E-state index contributed by atoms with van der Waals surface area (Å²) in [6.45, 7) is 5.11. The highest BCUT2D eigenvalue weighted by atomic mass is 16.2. The van der Waals surface area contributed by atoms with Crippen LogP contribution in [0.1, 0.15) is 33.1 Å². The third-order valence-corrected chi connectivity index (χ3v) is 2.59. The molecule has 5 heteroatoms. The van der Waals surface area contributed by atoms with Gasteiger partial charge in [0.25, 0.3) is 0 Å². The monoisotopic (exact) mass is 227 g/mol. The van der Waals surface area contributed by atoms with Gasteiger partial charge >= 0.3 is 0 Å². The van der Waals surface area contributed by atoms with Crippen molar-refractivity contribution >= 4 is 11.8 Å². The van der Waals surface area contributed by atoms with E-state index in [9.17, 15) is 9.59 Å². The van der Waals surface area contributed by atoms with Gasteiger partial charge in [0.15, 0.2) is 0 Å². The van der Waals surface area contributed by atoms with Crippen LogP contribution in [0.15, 0.2) is 0 Å². The Balaban J connectivity index is 2.06. The van der Waals surface area contributed by atoms with E-state index in [0.29, 0.717) is 25.4 Å². The second kappa shape index (κ2) is 5.30. The molecule has 0 aromatic rings. The maximum absolute atomic E-state index is 11.4. The molecule has 0 unspecified atom stereocenters. The molecule has 2 amide bonds. The Kier molecular flexibility index (Phi) is 4.29. The topological polar surface area (TPSA) is 84.2 Å². The zero-order chi connectivity index (χ0) is 12.2. The van der Waals surface area contributed by atoms with Crippen LogP contribution in [-0.2, 0) is 9.59 Å². The first-order valence-corrected chi connectivity index (χ1v) is 5.78. The molecule has 1 aliphatic carbocycles. The molecule has 16 heavy (non-hydrogen) atoms. The molecule has 0 aliphatic heterocycles. The van der Waals surface area contributed by atoms with Crippen molar-refractivity contribution in [3.63, 3.8) is 0 Å². The van der Waals surface area contributed by atoms with Gasteiger partial charge in [-0.3, -0.25) is 9.59 Å². The Bertz CT molecular complexity index is 272. The summed E-state index contributed by atoms with van der Waals surface area (Å²) in [7, 11) is 0. The summed E-state index contributed by atoms with van der Waals surface area (Å²) in [6, 6.07) is 0. The smallest absolute Gasteiger partial charge is 0.240 e. The lowest BCUT2D eigenvalue weighted by atomic mass is 10.2. The van der Waals surface area contributed by atoms with Gasteiger partial charge in [-0.2, -0.15) is 0 Å². The average molecular weight is 227 g/mol. The van der Waals surface area contributed by atoms with Gasteiger partial charge in [0.05, 0.1) is 5.54 Å². The van der Waals surface area contributed by atoms with Gasteiger partial charge in [-0.25, -0.2) is 0 Å². The van der Waals surface area contributed by atoms with E-state index in [-0.39, 0.29) is 11.8 Å². The second-order valence-electron chi connectivity index (χ2n) is 4.86. The van der Waals surface area contributed by atoms with E-state index in [2.05, 4.69) is 10.6 Å². The van der Waals surface area contributed by atoms with E-state index in [4.69, 9.17) is 5.73 Å². The molecule has 0 aromatic carbocycles. The van der Waals surface area contributed by atoms with Gasteiger partial charge in [-0.1, -0.05) is 13.8 Å². The zero-order valence-corrected chi connectivity index (χ0v) is 10.0. The minimum atomic E-state index is -0.644. The SMILES string of the molecule is CC(C)CNC(=O)CCNC(=O)C1(N)CC1. The third kappa shape index (κ3) is 4.18. The normalized spacial score (nSPS) is 17.0. The zero-order valence-electron chi connectivity index (χ0n) is 10.0. The molecule has 0 radical (unpaired) electrons. The van der Waals surface area contributed by atoms with Crippen LogP contribution >= 0.6 is 0 Å². The first kappa shape index (κ1) is 13.0. The molecule has 4 N–H and O–H groups in total. The Morgan fingerprint density at radius 2 is 1.94 bits per heavy atom. The fraction of sp³-hybridized carbons (Fsp3) is 0.818. The maximum Gasteiger partial charge on any atom is 0.240 e. The van der Waals surface area contributed by atoms with Crippen LogP contribution < -0.4 is 16.4 Å². The van der Waals surface area contributed by atoms with Crippen LogP contribution in [0.25, 0.3) is 0 Å². The van der Waals surface area contributed by atoms with Gasteiger partial charge in [-0.05, 0) is 18.8 Å². The van der Waals surface area contributed by atoms with E-state index in [1.807, 2.05) is 13.8 Å². The summed E-state index contributed by atoms with van der Waals surface area (Å²) in [5, 5.41) is 5.47. The van der Waals surface area contributed by atoms with Crippen LogP contribution in [0.3, 0.4) is 0 Å². The van der Waals surface area contributed by atoms with Crippen LogP contribution in [0.4, 0.5) is 0 Å². The van der Waals surface area contributed by atoms with Gasteiger partial charge in [0, 0.05) is 19.5 Å². The summed E-state index contributed by atoms with van der Waals surface area (Å²) in [6.07, 6.45) is 1.81. The van der Waals surface area contributed by atoms with Crippen molar-refractivity contribution in [3.05, 3.63) is 0 Å². The van der Waals surface area contributed by atoms with E-state index in [0.717, 1.165) is 12.8 Å². The van der Waals surface area contributed by atoms with E-state index < -0.39 is 5.54 Å². The van der Waals surface area contributed by atoms with Crippen molar-refractivity contribution < 1.29 is 9.59 Å². The molecule has 0 bridgehead atoms. The van der Waals surface area contributed by atoms with Gasteiger partial charge < -0.3 is 16.4 Å². The number of rotatable bonds is 6. The lowest BCUT2D eigenvalue weighted by Gasteiger charge is -2.10. The molecule has 0 atom stereocenters. The molecule has 1 fully saturated rings. The van der Waals surface area contributed by atoms with Crippen LogP contribution in [0, 0.1) is 5.92 Å². The number of carbonyl (C=O) groups is 2. The fourth-order valence-corrected chi connectivity index (χ4v) is 1.23. The summed E-state index contributed by atoms with van der Waals surface area (Å²) >= 11 is 0. The highest BCUT2D eigenvalue weighted by molar-refractivity contribution is 5.89. The molecule has 1 aliphatic rings. The summed E-state index contributed by atoms with van der Waals surface area (Å²) in [5.74, 6) is 0.275. The molecule has 5 nitrogen and oxygen atoms in total. The van der Waals surface area contributed by atoms with E-state index in [1.165, 1.54) is 0 Å². The number of carbonyl (C=O) groups excluding carboxylic acids is 2. The van der Waals surface area contributed by atoms with Gasteiger partial charge in [0.1, 0.15) is 0 Å². The highest BCUT2D eigenvalue weighted by Gasteiger charge is 2.45. The van der Waals surface area contributed by atoms with Crippen LogP contribution in [0.5, 0.6) is 0 Å². The van der Waals surface area contributed by atoms with Crippen molar-refractivity contribution in [1.82, 2.24) is 10.6 Å². The van der Waals surface area contributed by atoms with Crippen molar-refractivity contribution in [3.8, 4) is 0 Å². The molecule has 0 aromatic heterocycles. The van der Waals surface area contributed by atoms with Crippen molar-refractivity contribution in [1.29, 1.82) is 0 Å². The molecule has 0 saturated heterocycles. The van der Waals surface area contributed by atoms with Crippen LogP contribution in [0.2, 0.25) is 0 Å². The number of amides is 2. The molecule has 1 rings (SSSR count). The summed E-state index contributed by atoms with van der Waals surface area (Å²) in [5.41, 5.74) is 5.05. The highest BCUT2D eigenvalue weighted by Crippen LogP contribution is 2.31. The Morgan fingerprint density at radius 1 is 1.31 bits per heavy atom. The first-order chi connectivity index (χ1) is 7.44. The van der Waals surface area contributed by atoms with E-state index >= 15 is 0 Å². The van der Waals surface area contributed by atoms with Crippen molar-refractivity contribution in [2.75, 3.05) is 13.1 Å². The largest absolute Gasteiger partial charge is 0.356 e. The molecule has 1 saturated carbocycles. The summed E-state index contributed by atoms with van der Waals surface area (Å²) in [4.78, 5) is 22.7. The molecule has 92 valence electrons. The number of nitrogens with one attached hydrogen (secondary N) is 2. The fourth-order valence-electron chi connectivity index (χ4n) is 1.23. The first-order valence-electron chi connectivity index (χ1n) is 5.78. The predicted octanol–water partition coefficient (Wildman–Crippen LogP) is -0.244. The predicted molar refractivity (Wildman–Crippen MR) is 61.6 cm³/mol. The number of hydrogen-bond donors (Lipinski definition) is 3. The summed E-state index contributed by atoms with van der Waals surface area (Å²) < 4.78 is 0. The van der Waals surface area contributed by atoms with E-state index in [1.54, 1.807) is 0 Å². The lowest BCUT2D eigenvalue weighted by molar-refractivity contribution is -0.123. The number of nitrogens with two attached hydrogens (primary N) is 1. The lowest BCUT2D eigenvalue weighted by Crippen LogP contribution is -2.43. The molecule has 0 heterocycles. The quantitative estimate of drug-likeness (QED) is 0.585. The van der Waals surface area contributed by atoms with Crippen LogP contribution in [-0.4, -0.2) is 30.4 Å². The Hall–Kier alpha value is -1.10. The molecular formula is C11H21N3O2. The van der Waals surface area contributed by atoms with Gasteiger partial charge in [0.2, 0.25) is 11.8 Å². The Morgan fingerprint density at radius 3 is 2.44 bits per heavy atom. The number of hydrogen-bond acceptors (Lipinski definition) is 3. The second-order valence-corrected chi connectivity index (χ2v) is 4.86. The van der Waals surface area contributed by atoms with Gasteiger partial charge in [-0.15, -0.1) is 0 Å². The van der Waals surface area contributed by atoms with Crippen molar-refractivity contribution in [2.45, 2.75) is 38.6 Å².